The lowest BCUT2D eigenvalue weighted by Crippen LogP contribution is -2.55. The fraction of sp³-hybridized carbons (Fsp3) is 0.550. The number of nitrogens with zero attached hydrogens (tertiary/aromatic N) is 2. The summed E-state index contributed by atoms with van der Waals surface area (Å²) in [7, 11) is 0. The highest BCUT2D eigenvalue weighted by Crippen LogP contribution is 2.15. The normalized spacial score (nSPS) is 16.9. The molecule has 3 amide bonds. The van der Waals surface area contributed by atoms with E-state index in [1.807, 2.05) is 18.7 Å². The van der Waals surface area contributed by atoms with Crippen LogP contribution in [0.4, 0.5) is 0 Å². The van der Waals surface area contributed by atoms with E-state index in [-0.39, 0.29) is 23.8 Å². The summed E-state index contributed by atoms with van der Waals surface area (Å²) in [6, 6.07) is 6.25. The molecule has 1 saturated heterocycles. The summed E-state index contributed by atoms with van der Waals surface area (Å²) in [5.74, 6) is -0.495. The number of benzene rings is 1. The van der Waals surface area contributed by atoms with Gasteiger partial charge < -0.3 is 15.5 Å². The molecular weight excluding hydrogens is 380 g/mol. The Hall–Kier alpha value is -2.12. The average molecular weight is 409 g/mol. The molecule has 1 aliphatic rings. The third-order valence-corrected chi connectivity index (χ3v) is 5.24. The van der Waals surface area contributed by atoms with E-state index in [9.17, 15) is 14.4 Å². The number of hydrogen-bond acceptors (Lipinski definition) is 4. The monoisotopic (exact) mass is 408 g/mol. The number of rotatable bonds is 7. The van der Waals surface area contributed by atoms with Crippen molar-refractivity contribution in [2.24, 2.45) is 0 Å². The molecule has 2 unspecified atom stereocenters. The van der Waals surface area contributed by atoms with Crippen molar-refractivity contribution in [2.45, 2.75) is 39.3 Å². The van der Waals surface area contributed by atoms with Gasteiger partial charge in [0.05, 0.1) is 17.1 Å². The third-order valence-electron chi connectivity index (χ3n) is 4.91. The van der Waals surface area contributed by atoms with Gasteiger partial charge in [-0.3, -0.25) is 19.3 Å². The van der Waals surface area contributed by atoms with Crippen LogP contribution >= 0.6 is 11.6 Å². The van der Waals surface area contributed by atoms with E-state index in [0.717, 1.165) is 6.42 Å². The minimum Gasteiger partial charge on any atom is -0.353 e. The lowest BCUT2D eigenvalue weighted by Gasteiger charge is -2.35. The van der Waals surface area contributed by atoms with Crippen molar-refractivity contribution in [3.8, 4) is 0 Å². The van der Waals surface area contributed by atoms with Gasteiger partial charge in [-0.15, -0.1) is 0 Å². The van der Waals surface area contributed by atoms with Crippen molar-refractivity contribution < 1.29 is 14.4 Å². The van der Waals surface area contributed by atoms with E-state index in [4.69, 9.17) is 11.6 Å². The Bertz CT molecular complexity index is 704. The van der Waals surface area contributed by atoms with Gasteiger partial charge >= 0.3 is 0 Å². The molecule has 0 spiro atoms. The lowest BCUT2D eigenvalue weighted by molar-refractivity contribution is -0.134. The topological polar surface area (TPSA) is 81.8 Å². The highest BCUT2D eigenvalue weighted by atomic mass is 35.5. The number of hydrogen-bond donors (Lipinski definition) is 2. The third kappa shape index (κ3) is 6.21. The van der Waals surface area contributed by atoms with Crippen molar-refractivity contribution in [3.05, 3.63) is 34.9 Å². The first-order chi connectivity index (χ1) is 13.3. The zero-order valence-electron chi connectivity index (χ0n) is 16.7. The van der Waals surface area contributed by atoms with Crippen LogP contribution in [0, 0.1) is 0 Å². The van der Waals surface area contributed by atoms with Gasteiger partial charge in [-0.1, -0.05) is 30.7 Å². The van der Waals surface area contributed by atoms with Gasteiger partial charge in [0.1, 0.15) is 6.04 Å². The lowest BCUT2D eigenvalue weighted by atomic mass is 10.2. The molecule has 2 atom stereocenters. The van der Waals surface area contributed by atoms with Gasteiger partial charge in [-0.05, 0) is 32.4 Å². The van der Waals surface area contributed by atoms with Gasteiger partial charge in [-0.2, -0.15) is 0 Å². The van der Waals surface area contributed by atoms with Crippen molar-refractivity contribution in [1.29, 1.82) is 0 Å². The highest BCUT2D eigenvalue weighted by molar-refractivity contribution is 6.33. The number of amides is 3. The smallest absolute Gasteiger partial charge is 0.253 e. The van der Waals surface area contributed by atoms with E-state index < -0.39 is 6.04 Å². The van der Waals surface area contributed by atoms with Crippen LogP contribution in [0.2, 0.25) is 5.02 Å². The zero-order valence-corrected chi connectivity index (χ0v) is 17.5. The van der Waals surface area contributed by atoms with Crippen LogP contribution in [0.25, 0.3) is 0 Å². The number of piperazine rings is 1. The molecule has 2 rings (SSSR count). The molecule has 0 bridgehead atoms. The number of carbonyl (C=O) groups is 3. The van der Waals surface area contributed by atoms with Crippen LogP contribution in [0.5, 0.6) is 0 Å². The summed E-state index contributed by atoms with van der Waals surface area (Å²) in [5, 5.41) is 6.02. The van der Waals surface area contributed by atoms with Crippen molar-refractivity contribution >= 4 is 29.3 Å². The molecule has 1 aliphatic heterocycles. The summed E-state index contributed by atoms with van der Waals surface area (Å²) < 4.78 is 0. The first-order valence-electron chi connectivity index (χ1n) is 9.67. The maximum Gasteiger partial charge on any atom is 0.253 e. The second-order valence-corrected chi connectivity index (χ2v) is 7.56. The zero-order chi connectivity index (χ0) is 20.7. The Labute approximate surface area is 171 Å². The fourth-order valence-corrected chi connectivity index (χ4v) is 3.23. The molecule has 154 valence electrons. The van der Waals surface area contributed by atoms with Crippen molar-refractivity contribution in [1.82, 2.24) is 20.4 Å². The summed E-state index contributed by atoms with van der Waals surface area (Å²) in [4.78, 5) is 40.7. The molecular formula is C20H29ClN4O3. The molecule has 1 aromatic rings. The minimum absolute atomic E-state index is 0.00879. The first kappa shape index (κ1) is 22.2. The molecule has 28 heavy (non-hydrogen) atoms. The SMILES string of the molecule is CCC(C)NC(=O)CN1CCN(C(=O)C(C)NC(=O)c2ccccc2Cl)CC1. The Kier molecular flexibility index (Phi) is 8.26. The molecule has 8 heteroatoms. The van der Waals surface area contributed by atoms with Gasteiger partial charge in [0.25, 0.3) is 5.91 Å². The Morgan fingerprint density at radius 2 is 1.71 bits per heavy atom. The number of halogens is 1. The van der Waals surface area contributed by atoms with Crippen LogP contribution in [0.1, 0.15) is 37.6 Å². The van der Waals surface area contributed by atoms with E-state index >= 15 is 0 Å². The Morgan fingerprint density at radius 3 is 2.32 bits per heavy atom. The van der Waals surface area contributed by atoms with E-state index in [0.29, 0.717) is 43.3 Å². The largest absolute Gasteiger partial charge is 0.353 e. The minimum atomic E-state index is -0.649. The maximum atomic E-state index is 12.6. The number of nitrogens with one attached hydrogen (secondary N) is 2. The number of carbonyl (C=O) groups excluding carboxylic acids is 3. The fourth-order valence-electron chi connectivity index (χ4n) is 3.01. The molecule has 0 aliphatic carbocycles. The summed E-state index contributed by atoms with van der Waals surface area (Å²) in [6.07, 6.45) is 0.895. The maximum absolute atomic E-state index is 12.6. The predicted octanol–water partition coefficient (Wildman–Crippen LogP) is 1.52. The molecule has 1 fully saturated rings. The standard InChI is InChI=1S/C20H29ClN4O3/c1-4-14(2)22-18(26)13-24-9-11-25(12-10-24)20(28)15(3)23-19(27)16-7-5-6-8-17(16)21/h5-8,14-15H,4,9-13H2,1-3H3,(H,22,26)(H,23,27). The quantitative estimate of drug-likeness (QED) is 0.716. The molecule has 7 nitrogen and oxygen atoms in total. The Balaban J connectivity index is 1.80. The second kappa shape index (κ2) is 10.4. The molecule has 0 aromatic heterocycles. The second-order valence-electron chi connectivity index (χ2n) is 7.15. The average Bonchev–Trinajstić information content (AvgIpc) is 2.68. The van der Waals surface area contributed by atoms with E-state index in [2.05, 4.69) is 10.6 Å². The summed E-state index contributed by atoms with van der Waals surface area (Å²) in [6.45, 7) is 8.33. The first-order valence-corrected chi connectivity index (χ1v) is 10.1. The van der Waals surface area contributed by atoms with Gasteiger partial charge in [-0.25, -0.2) is 0 Å². The van der Waals surface area contributed by atoms with Gasteiger partial charge in [0.2, 0.25) is 11.8 Å². The van der Waals surface area contributed by atoms with Crippen LogP contribution in [0.15, 0.2) is 24.3 Å². The predicted molar refractivity (Wildman–Crippen MR) is 109 cm³/mol. The van der Waals surface area contributed by atoms with Crippen LogP contribution in [0.3, 0.4) is 0 Å². The van der Waals surface area contributed by atoms with Crippen LogP contribution < -0.4 is 10.6 Å². The molecule has 0 saturated carbocycles. The highest BCUT2D eigenvalue weighted by Gasteiger charge is 2.27. The van der Waals surface area contributed by atoms with Crippen LogP contribution in [-0.4, -0.2) is 72.3 Å². The van der Waals surface area contributed by atoms with E-state index in [1.54, 1.807) is 36.1 Å². The van der Waals surface area contributed by atoms with Crippen molar-refractivity contribution in [2.75, 3.05) is 32.7 Å². The molecule has 2 N–H and O–H groups in total. The molecule has 1 heterocycles. The van der Waals surface area contributed by atoms with E-state index in [1.165, 1.54) is 0 Å². The van der Waals surface area contributed by atoms with Gasteiger partial charge in [0.15, 0.2) is 0 Å². The molecule has 1 aromatic carbocycles. The van der Waals surface area contributed by atoms with Crippen LogP contribution in [-0.2, 0) is 9.59 Å². The van der Waals surface area contributed by atoms with Gasteiger partial charge in [0, 0.05) is 32.2 Å². The van der Waals surface area contributed by atoms with Crippen molar-refractivity contribution in [3.63, 3.8) is 0 Å². The molecule has 0 radical (unpaired) electrons. The Morgan fingerprint density at radius 1 is 1.07 bits per heavy atom. The summed E-state index contributed by atoms with van der Waals surface area (Å²) >= 11 is 6.03. The summed E-state index contributed by atoms with van der Waals surface area (Å²) in [5.41, 5.74) is 0.348.